The van der Waals surface area contributed by atoms with E-state index in [9.17, 15) is 9.90 Å². The van der Waals surface area contributed by atoms with Gasteiger partial charge in [0.05, 0.1) is 11.8 Å². The summed E-state index contributed by atoms with van der Waals surface area (Å²) in [5.41, 5.74) is 2.58. The van der Waals surface area contributed by atoms with Crippen LogP contribution in [0.25, 0.3) is 16.8 Å². The lowest BCUT2D eigenvalue weighted by Gasteiger charge is -2.08. The Labute approximate surface area is 147 Å². The largest absolute Gasteiger partial charge is 0.493 e. The summed E-state index contributed by atoms with van der Waals surface area (Å²) in [6, 6.07) is 10.8. The Bertz CT molecular complexity index is 1120. The zero-order chi connectivity index (χ0) is 17.4. The molecule has 0 unspecified atom stereocenters. The number of nitrogens with zero attached hydrogens (tertiary/aromatic N) is 3. The van der Waals surface area contributed by atoms with Gasteiger partial charge in [0.2, 0.25) is 5.88 Å². The van der Waals surface area contributed by atoms with Gasteiger partial charge in [-0.3, -0.25) is 9.78 Å². The van der Waals surface area contributed by atoms with E-state index in [4.69, 9.17) is 11.6 Å². The minimum atomic E-state index is -0.374. The lowest BCUT2D eigenvalue weighted by Crippen LogP contribution is -2.16. The second kappa shape index (κ2) is 6.07. The third-order valence-corrected chi connectivity index (χ3v) is 4.43. The Morgan fingerprint density at radius 2 is 1.92 bits per heavy atom. The lowest BCUT2D eigenvalue weighted by molar-refractivity contribution is 0.428. The molecule has 4 aromatic rings. The Morgan fingerprint density at radius 3 is 2.68 bits per heavy atom. The zero-order valence-electron chi connectivity index (χ0n) is 13.0. The maximum Gasteiger partial charge on any atom is 0.258 e. The minimum Gasteiger partial charge on any atom is -0.493 e. The molecule has 2 N–H and O–H groups in total. The van der Waals surface area contributed by atoms with Crippen LogP contribution >= 0.6 is 11.6 Å². The van der Waals surface area contributed by atoms with Crippen LogP contribution in [0.1, 0.15) is 11.1 Å². The van der Waals surface area contributed by atoms with Crippen LogP contribution in [0.4, 0.5) is 0 Å². The molecule has 0 radical (unpaired) electrons. The molecule has 124 valence electrons. The van der Waals surface area contributed by atoms with Gasteiger partial charge < -0.3 is 10.1 Å². The third kappa shape index (κ3) is 2.66. The summed E-state index contributed by atoms with van der Waals surface area (Å²) < 4.78 is 1.32. The summed E-state index contributed by atoms with van der Waals surface area (Å²) in [4.78, 5) is 19.3. The molecule has 0 amide bonds. The average molecular weight is 353 g/mol. The van der Waals surface area contributed by atoms with E-state index in [1.165, 1.54) is 4.52 Å². The number of hydrogen-bond donors (Lipinski definition) is 2. The molecule has 0 aliphatic rings. The van der Waals surface area contributed by atoms with E-state index in [1.54, 1.807) is 24.7 Å². The molecular weight excluding hydrogens is 340 g/mol. The summed E-state index contributed by atoms with van der Waals surface area (Å²) in [6.07, 6.45) is 5.12. The van der Waals surface area contributed by atoms with Crippen molar-refractivity contribution in [3.8, 4) is 17.0 Å². The summed E-state index contributed by atoms with van der Waals surface area (Å²) in [5, 5.41) is 15.3. The number of pyridine rings is 1. The number of aromatic amines is 1. The Hall–Kier alpha value is -3.12. The molecular formula is C18H13ClN4O2. The molecule has 3 heterocycles. The van der Waals surface area contributed by atoms with Gasteiger partial charge in [-0.2, -0.15) is 9.61 Å². The fourth-order valence-electron chi connectivity index (χ4n) is 2.78. The monoisotopic (exact) mass is 352 g/mol. The molecule has 0 atom stereocenters. The van der Waals surface area contributed by atoms with Crippen molar-refractivity contribution in [2.75, 3.05) is 0 Å². The SMILES string of the molecule is O=c1[nH]c2c(-c3ccncc3)cnn2c(O)c1Cc1ccccc1Cl. The van der Waals surface area contributed by atoms with Crippen molar-refractivity contribution in [3.05, 3.63) is 81.5 Å². The number of aromatic nitrogens is 4. The second-order valence-corrected chi connectivity index (χ2v) is 5.99. The van der Waals surface area contributed by atoms with Crippen molar-refractivity contribution < 1.29 is 5.11 Å². The van der Waals surface area contributed by atoms with Crippen LogP contribution in [0.5, 0.6) is 5.88 Å². The van der Waals surface area contributed by atoms with Gasteiger partial charge in [-0.05, 0) is 29.3 Å². The van der Waals surface area contributed by atoms with Gasteiger partial charge in [0, 0.05) is 29.4 Å². The first kappa shape index (κ1) is 15.4. The van der Waals surface area contributed by atoms with Crippen LogP contribution in [0.15, 0.2) is 59.8 Å². The van der Waals surface area contributed by atoms with Crippen molar-refractivity contribution in [2.24, 2.45) is 0 Å². The Balaban J connectivity index is 1.86. The van der Waals surface area contributed by atoms with Crippen molar-refractivity contribution in [1.29, 1.82) is 0 Å². The number of benzene rings is 1. The number of nitrogens with one attached hydrogen (secondary N) is 1. The Kier molecular flexibility index (Phi) is 3.74. The topological polar surface area (TPSA) is 83.3 Å². The van der Waals surface area contributed by atoms with Crippen molar-refractivity contribution in [3.63, 3.8) is 0 Å². The molecule has 0 spiro atoms. The highest BCUT2D eigenvalue weighted by atomic mass is 35.5. The minimum absolute atomic E-state index is 0.195. The summed E-state index contributed by atoms with van der Waals surface area (Å²) >= 11 is 6.16. The van der Waals surface area contributed by atoms with Crippen molar-refractivity contribution in [1.82, 2.24) is 19.6 Å². The first-order valence-electron chi connectivity index (χ1n) is 7.61. The number of rotatable bonds is 3. The maximum absolute atomic E-state index is 12.5. The van der Waals surface area contributed by atoms with E-state index in [0.717, 1.165) is 11.1 Å². The van der Waals surface area contributed by atoms with Gasteiger partial charge in [0.1, 0.15) is 5.65 Å². The Morgan fingerprint density at radius 1 is 1.16 bits per heavy atom. The number of hydrogen-bond acceptors (Lipinski definition) is 4. The first-order valence-corrected chi connectivity index (χ1v) is 7.98. The summed E-state index contributed by atoms with van der Waals surface area (Å²) in [6.45, 7) is 0. The summed E-state index contributed by atoms with van der Waals surface area (Å²) in [7, 11) is 0. The van der Waals surface area contributed by atoms with Crippen LogP contribution < -0.4 is 5.56 Å². The van der Waals surface area contributed by atoms with Gasteiger partial charge in [-0.25, -0.2) is 0 Å². The van der Waals surface area contributed by atoms with Crippen LogP contribution in [-0.2, 0) is 6.42 Å². The highest BCUT2D eigenvalue weighted by Gasteiger charge is 2.17. The predicted octanol–water partition coefficient (Wildman–Crippen LogP) is 3.03. The molecule has 0 aliphatic heterocycles. The standard InChI is InChI=1S/C18H13ClN4O2/c19-15-4-2-1-3-12(15)9-13-17(24)22-16-14(10-21-23(16)18(13)25)11-5-7-20-8-6-11/h1-8,10,25H,9H2,(H,22,24). The second-order valence-electron chi connectivity index (χ2n) is 5.58. The molecule has 0 saturated carbocycles. The number of halogens is 1. The number of aromatic hydroxyl groups is 1. The van der Waals surface area contributed by atoms with E-state index < -0.39 is 0 Å². The van der Waals surface area contributed by atoms with Crippen molar-refractivity contribution >= 4 is 17.2 Å². The van der Waals surface area contributed by atoms with Gasteiger partial charge in [-0.15, -0.1) is 0 Å². The molecule has 0 bridgehead atoms. The van der Waals surface area contributed by atoms with Crippen LogP contribution in [0, 0.1) is 0 Å². The number of fused-ring (bicyclic) bond motifs is 1. The third-order valence-electron chi connectivity index (χ3n) is 4.06. The molecule has 6 nitrogen and oxygen atoms in total. The molecule has 7 heteroatoms. The van der Waals surface area contributed by atoms with E-state index in [2.05, 4.69) is 15.1 Å². The highest BCUT2D eigenvalue weighted by molar-refractivity contribution is 6.31. The highest BCUT2D eigenvalue weighted by Crippen LogP contribution is 2.27. The molecule has 3 aromatic heterocycles. The van der Waals surface area contributed by atoms with E-state index >= 15 is 0 Å². The van der Waals surface area contributed by atoms with Crippen LogP contribution in [0.3, 0.4) is 0 Å². The van der Waals surface area contributed by atoms with Gasteiger partial charge in [-0.1, -0.05) is 29.8 Å². The number of H-pyrrole nitrogens is 1. The van der Waals surface area contributed by atoms with Crippen LogP contribution in [0.2, 0.25) is 5.02 Å². The first-order chi connectivity index (χ1) is 12.1. The van der Waals surface area contributed by atoms with E-state index in [0.29, 0.717) is 16.2 Å². The normalized spacial score (nSPS) is 11.1. The molecule has 1 aromatic carbocycles. The van der Waals surface area contributed by atoms with Crippen molar-refractivity contribution in [2.45, 2.75) is 6.42 Å². The average Bonchev–Trinajstić information content (AvgIpc) is 3.04. The van der Waals surface area contributed by atoms with Gasteiger partial charge in [0.25, 0.3) is 5.56 Å². The molecule has 4 rings (SSSR count). The van der Waals surface area contributed by atoms with E-state index in [1.807, 2.05) is 30.3 Å². The molecule has 0 fully saturated rings. The maximum atomic E-state index is 12.5. The molecule has 0 aliphatic carbocycles. The molecule has 25 heavy (non-hydrogen) atoms. The molecule has 0 saturated heterocycles. The quantitative estimate of drug-likeness (QED) is 0.593. The van der Waals surface area contributed by atoms with Gasteiger partial charge >= 0.3 is 0 Å². The van der Waals surface area contributed by atoms with Crippen LogP contribution in [-0.4, -0.2) is 24.7 Å². The smallest absolute Gasteiger partial charge is 0.258 e. The lowest BCUT2D eigenvalue weighted by atomic mass is 10.1. The summed E-state index contributed by atoms with van der Waals surface area (Å²) in [5.74, 6) is -0.195. The fourth-order valence-corrected chi connectivity index (χ4v) is 2.98. The van der Waals surface area contributed by atoms with E-state index in [-0.39, 0.29) is 23.4 Å². The fraction of sp³-hybridized carbons (Fsp3) is 0.0556. The zero-order valence-corrected chi connectivity index (χ0v) is 13.7. The van der Waals surface area contributed by atoms with Gasteiger partial charge in [0.15, 0.2) is 0 Å². The predicted molar refractivity (Wildman–Crippen MR) is 95.0 cm³/mol.